The summed E-state index contributed by atoms with van der Waals surface area (Å²) in [5.74, 6) is 0.866. The molecule has 0 aliphatic carbocycles. The van der Waals surface area contributed by atoms with Crippen LogP contribution in [0.2, 0.25) is 0 Å². The average Bonchev–Trinajstić information content (AvgIpc) is 3.50. The summed E-state index contributed by atoms with van der Waals surface area (Å²) < 4.78 is 10.9. The second kappa shape index (κ2) is 13.2. The minimum atomic E-state index is -0.881. The van der Waals surface area contributed by atoms with Crippen molar-refractivity contribution in [2.45, 2.75) is 45.8 Å². The maximum absolute atomic E-state index is 14.1. The monoisotopic (exact) mass is 580 g/mol. The van der Waals surface area contributed by atoms with Gasteiger partial charge in [0.05, 0.1) is 43.6 Å². The molecule has 10 nitrogen and oxygen atoms in total. The Bertz CT molecular complexity index is 1670. The normalized spacial score (nSPS) is 12.2. The van der Waals surface area contributed by atoms with E-state index in [-0.39, 0.29) is 18.9 Å². The van der Waals surface area contributed by atoms with Gasteiger partial charge < -0.3 is 30.8 Å². The third-order valence-electron chi connectivity index (χ3n) is 7.59. The predicted molar refractivity (Wildman–Crippen MR) is 163 cm³/mol. The Hall–Kier alpha value is -5.14. The van der Waals surface area contributed by atoms with E-state index < -0.39 is 18.0 Å². The lowest BCUT2D eigenvalue weighted by Gasteiger charge is -2.31. The van der Waals surface area contributed by atoms with E-state index in [0.717, 1.165) is 22.3 Å². The Morgan fingerprint density at radius 1 is 1.05 bits per heavy atom. The number of nitrogens with two attached hydrogens (primary N) is 2. The van der Waals surface area contributed by atoms with Gasteiger partial charge >= 0.3 is 0 Å². The molecule has 0 saturated heterocycles. The summed E-state index contributed by atoms with van der Waals surface area (Å²) >= 11 is 0. The van der Waals surface area contributed by atoms with Gasteiger partial charge in [-0.2, -0.15) is 5.26 Å². The second-order valence-corrected chi connectivity index (χ2v) is 10.4. The maximum atomic E-state index is 14.1. The van der Waals surface area contributed by atoms with Gasteiger partial charge in [-0.3, -0.25) is 9.59 Å². The van der Waals surface area contributed by atoms with Crippen LogP contribution in [-0.2, 0) is 17.8 Å². The summed E-state index contributed by atoms with van der Waals surface area (Å²) in [7, 11) is 3.12. The lowest BCUT2D eigenvalue weighted by atomic mass is 9.93. The fourth-order valence-electron chi connectivity index (χ4n) is 5.20. The highest BCUT2D eigenvalue weighted by molar-refractivity contribution is 5.93. The van der Waals surface area contributed by atoms with Crippen LogP contribution in [-0.4, -0.2) is 46.9 Å². The van der Waals surface area contributed by atoms with Gasteiger partial charge in [0.2, 0.25) is 11.8 Å². The van der Waals surface area contributed by atoms with Crippen LogP contribution in [0.1, 0.15) is 57.0 Å². The van der Waals surface area contributed by atoms with E-state index in [4.69, 9.17) is 25.9 Å². The Kier molecular flexibility index (Phi) is 9.48. The minimum absolute atomic E-state index is 0.220. The van der Waals surface area contributed by atoms with Crippen molar-refractivity contribution in [3.05, 3.63) is 100.0 Å². The number of carbonyl (C=O) groups is 2. The number of imidazole rings is 1. The lowest BCUT2D eigenvalue weighted by Crippen LogP contribution is -2.46. The Labute approximate surface area is 251 Å². The lowest BCUT2D eigenvalue weighted by molar-refractivity contribution is -0.135. The highest BCUT2D eigenvalue weighted by Gasteiger charge is 2.29. The topological polar surface area (TPSA) is 160 Å². The molecule has 2 amide bonds. The molecule has 0 radical (unpaired) electrons. The second-order valence-electron chi connectivity index (χ2n) is 10.4. The summed E-state index contributed by atoms with van der Waals surface area (Å²) in [6.07, 6.45) is 2.00. The quantitative estimate of drug-likeness (QED) is 0.238. The number of aryl methyl sites for hydroxylation is 2. The van der Waals surface area contributed by atoms with Crippen molar-refractivity contribution in [3.63, 3.8) is 0 Å². The van der Waals surface area contributed by atoms with E-state index >= 15 is 0 Å². The molecule has 2 atom stereocenters. The average molecular weight is 581 g/mol. The van der Waals surface area contributed by atoms with Crippen molar-refractivity contribution in [3.8, 4) is 28.8 Å². The number of nitrogens with one attached hydrogen (secondary N) is 1. The third-order valence-corrected chi connectivity index (χ3v) is 7.59. The zero-order valence-corrected chi connectivity index (χ0v) is 25.0. The number of amides is 2. The van der Waals surface area contributed by atoms with Crippen molar-refractivity contribution >= 4 is 11.8 Å². The minimum Gasteiger partial charge on any atom is -0.493 e. The van der Waals surface area contributed by atoms with Gasteiger partial charge in [0.25, 0.3) is 0 Å². The molecule has 5 N–H and O–H groups in total. The number of nitriles is 1. The van der Waals surface area contributed by atoms with Crippen LogP contribution < -0.4 is 20.9 Å². The number of methoxy groups -OCH3 is 2. The van der Waals surface area contributed by atoms with Crippen molar-refractivity contribution in [1.29, 1.82) is 5.26 Å². The molecular weight excluding hydrogens is 544 g/mol. The molecule has 4 rings (SSSR count). The molecule has 43 heavy (non-hydrogen) atoms. The Balaban J connectivity index is 1.69. The zero-order valence-electron chi connectivity index (χ0n) is 25.0. The van der Waals surface area contributed by atoms with Gasteiger partial charge in [-0.25, -0.2) is 4.98 Å². The molecule has 0 aliphatic heterocycles. The van der Waals surface area contributed by atoms with E-state index in [1.54, 1.807) is 55.6 Å². The first-order valence-electron chi connectivity index (χ1n) is 13.8. The number of aromatic amines is 1. The van der Waals surface area contributed by atoms with Crippen molar-refractivity contribution in [2.24, 2.45) is 11.5 Å². The van der Waals surface area contributed by atoms with E-state index in [2.05, 4.69) is 11.1 Å². The molecule has 0 unspecified atom stereocenters. The Morgan fingerprint density at radius 3 is 2.35 bits per heavy atom. The number of nitrogens with zero attached hydrogens (tertiary/aromatic N) is 3. The number of primary amides is 1. The number of benzene rings is 3. The predicted octanol–water partition coefficient (Wildman–Crippen LogP) is 4.34. The molecule has 4 aromatic rings. The van der Waals surface area contributed by atoms with Crippen molar-refractivity contribution in [2.75, 3.05) is 14.2 Å². The fourth-order valence-corrected chi connectivity index (χ4v) is 5.20. The molecule has 0 spiro atoms. The molecule has 0 aliphatic rings. The summed E-state index contributed by atoms with van der Waals surface area (Å²) in [5, 5.41) is 9.57. The molecule has 0 fully saturated rings. The molecule has 222 valence electrons. The Morgan fingerprint density at radius 2 is 1.72 bits per heavy atom. The van der Waals surface area contributed by atoms with E-state index in [0.29, 0.717) is 39.7 Å². The van der Waals surface area contributed by atoms with Gasteiger partial charge in [-0.15, -0.1) is 0 Å². The highest BCUT2D eigenvalue weighted by atomic mass is 16.5. The van der Waals surface area contributed by atoms with Crippen LogP contribution in [0.3, 0.4) is 0 Å². The molecule has 1 aromatic heterocycles. The van der Waals surface area contributed by atoms with Gasteiger partial charge in [0.1, 0.15) is 5.82 Å². The SMILES string of the molecule is COc1ccc(CN(C(=O)[C@@H](N)Cc2c(C)cc(C(N)=O)cc2C)[C@@H](C)c2nc(-c3ccccc3C#N)c[nH]2)cc1OC. The van der Waals surface area contributed by atoms with Crippen LogP contribution in [0, 0.1) is 25.2 Å². The van der Waals surface area contributed by atoms with Gasteiger partial charge in [0.15, 0.2) is 11.5 Å². The summed E-state index contributed by atoms with van der Waals surface area (Å²) in [6.45, 7) is 5.85. The molecule has 3 aromatic carbocycles. The zero-order chi connectivity index (χ0) is 31.3. The molecular formula is C33H36N6O4. The van der Waals surface area contributed by atoms with Crippen molar-refractivity contribution < 1.29 is 19.1 Å². The molecule has 0 saturated carbocycles. The van der Waals surface area contributed by atoms with Crippen LogP contribution >= 0.6 is 0 Å². The number of aromatic nitrogens is 2. The first kappa shape index (κ1) is 30.8. The highest BCUT2D eigenvalue weighted by Crippen LogP contribution is 2.31. The van der Waals surface area contributed by atoms with Crippen LogP contribution in [0.5, 0.6) is 11.5 Å². The smallest absolute Gasteiger partial charge is 0.248 e. The first-order valence-corrected chi connectivity index (χ1v) is 13.8. The summed E-state index contributed by atoms with van der Waals surface area (Å²) in [5.41, 5.74) is 17.7. The number of ether oxygens (including phenoxy) is 2. The number of carbonyl (C=O) groups excluding carboxylic acids is 2. The van der Waals surface area contributed by atoms with Crippen LogP contribution in [0.15, 0.2) is 60.8 Å². The van der Waals surface area contributed by atoms with E-state index in [1.807, 2.05) is 45.0 Å². The maximum Gasteiger partial charge on any atom is 0.248 e. The fraction of sp³-hybridized carbons (Fsp3) is 0.273. The van der Waals surface area contributed by atoms with E-state index in [9.17, 15) is 14.9 Å². The molecule has 10 heteroatoms. The van der Waals surface area contributed by atoms with Gasteiger partial charge in [-0.05, 0) is 79.8 Å². The van der Waals surface area contributed by atoms with Gasteiger partial charge in [0, 0.05) is 23.9 Å². The number of hydrogen-bond acceptors (Lipinski definition) is 7. The molecule has 0 bridgehead atoms. The van der Waals surface area contributed by atoms with Gasteiger partial charge in [-0.1, -0.05) is 24.3 Å². The number of rotatable bonds is 11. The van der Waals surface area contributed by atoms with E-state index in [1.165, 1.54) is 0 Å². The van der Waals surface area contributed by atoms with Crippen LogP contribution in [0.25, 0.3) is 11.3 Å². The summed E-state index contributed by atoms with van der Waals surface area (Å²) in [6, 6.07) is 16.9. The third kappa shape index (κ3) is 6.68. The van der Waals surface area contributed by atoms with Crippen molar-refractivity contribution in [1.82, 2.24) is 14.9 Å². The largest absolute Gasteiger partial charge is 0.493 e. The number of H-pyrrole nitrogens is 1. The first-order chi connectivity index (χ1) is 20.6. The number of hydrogen-bond donors (Lipinski definition) is 3. The van der Waals surface area contributed by atoms with Crippen LogP contribution in [0.4, 0.5) is 0 Å². The summed E-state index contributed by atoms with van der Waals surface area (Å²) in [4.78, 5) is 35.5. The standard InChI is InChI=1S/C33H36N6O4/c1-19-12-24(31(36)40)13-20(2)26(19)15-27(35)33(41)39(18-22-10-11-29(42-4)30(14-22)43-5)21(3)32-37-17-28(38-32)25-9-7-6-8-23(25)16-34/h6-14,17,21,27H,15,18,35H2,1-5H3,(H2,36,40)(H,37,38)/t21-,27-/m0/s1. The molecule has 1 heterocycles.